The van der Waals surface area contributed by atoms with Crippen molar-refractivity contribution in [1.82, 2.24) is 5.32 Å². The van der Waals surface area contributed by atoms with Crippen LogP contribution in [0.3, 0.4) is 0 Å². The first kappa shape index (κ1) is 14.3. The van der Waals surface area contributed by atoms with Crippen molar-refractivity contribution in [2.45, 2.75) is 31.2 Å². The van der Waals surface area contributed by atoms with Gasteiger partial charge < -0.3 is 15.2 Å². The highest BCUT2D eigenvalue weighted by atomic mass is 19.1. The van der Waals surface area contributed by atoms with Crippen LogP contribution in [0.4, 0.5) is 4.39 Å². The van der Waals surface area contributed by atoms with Gasteiger partial charge in [-0.15, -0.1) is 0 Å². The van der Waals surface area contributed by atoms with Gasteiger partial charge in [-0.3, -0.25) is 4.79 Å². The maximum absolute atomic E-state index is 13.3. The van der Waals surface area contributed by atoms with Gasteiger partial charge in [0.1, 0.15) is 5.54 Å². The van der Waals surface area contributed by atoms with Gasteiger partial charge in [0.15, 0.2) is 11.6 Å². The van der Waals surface area contributed by atoms with E-state index in [1.54, 1.807) is 12.1 Å². The van der Waals surface area contributed by atoms with E-state index >= 15 is 0 Å². The molecule has 6 heteroatoms. The summed E-state index contributed by atoms with van der Waals surface area (Å²) in [7, 11) is 0. The number of nitrogens with one attached hydrogen (secondary N) is 1. The number of carboxylic acid groups (broad SMARTS) is 1. The summed E-state index contributed by atoms with van der Waals surface area (Å²) in [5, 5.41) is 11.6. The number of aliphatic carboxylic acids is 1. The van der Waals surface area contributed by atoms with E-state index in [2.05, 4.69) is 5.32 Å². The SMILES string of the molecule is O=C(CCOc1ccccc1F)NC1(C(=O)O)CCC1. The summed E-state index contributed by atoms with van der Waals surface area (Å²) in [5.41, 5.74) is -1.12. The second kappa shape index (κ2) is 5.90. The van der Waals surface area contributed by atoms with Crippen LogP contribution in [0.1, 0.15) is 25.7 Å². The Balaban J connectivity index is 1.78. The number of carbonyl (C=O) groups excluding carboxylic acids is 1. The minimum atomic E-state index is -1.12. The van der Waals surface area contributed by atoms with Gasteiger partial charge in [0.2, 0.25) is 5.91 Å². The molecule has 2 rings (SSSR count). The van der Waals surface area contributed by atoms with Gasteiger partial charge in [0.25, 0.3) is 0 Å². The quantitative estimate of drug-likeness (QED) is 0.832. The molecule has 5 nitrogen and oxygen atoms in total. The molecule has 0 aromatic heterocycles. The van der Waals surface area contributed by atoms with Gasteiger partial charge in [-0.25, -0.2) is 9.18 Å². The summed E-state index contributed by atoms with van der Waals surface area (Å²) < 4.78 is 18.4. The molecule has 0 unspecified atom stereocenters. The molecule has 0 bridgehead atoms. The van der Waals surface area contributed by atoms with Crippen molar-refractivity contribution in [3.8, 4) is 5.75 Å². The van der Waals surface area contributed by atoms with Crippen molar-refractivity contribution >= 4 is 11.9 Å². The van der Waals surface area contributed by atoms with Gasteiger partial charge in [-0.05, 0) is 31.4 Å². The van der Waals surface area contributed by atoms with Crippen LogP contribution in [-0.2, 0) is 9.59 Å². The van der Waals surface area contributed by atoms with Crippen molar-refractivity contribution in [2.75, 3.05) is 6.61 Å². The Morgan fingerprint density at radius 3 is 2.60 bits per heavy atom. The predicted molar refractivity (Wildman–Crippen MR) is 68.9 cm³/mol. The molecule has 1 aliphatic carbocycles. The Morgan fingerprint density at radius 1 is 1.35 bits per heavy atom. The van der Waals surface area contributed by atoms with Crippen molar-refractivity contribution in [2.24, 2.45) is 0 Å². The molecule has 1 aromatic carbocycles. The third-order valence-corrected chi connectivity index (χ3v) is 3.42. The lowest BCUT2D eigenvalue weighted by atomic mass is 9.76. The second-order valence-corrected chi connectivity index (χ2v) is 4.82. The molecule has 0 saturated heterocycles. The Bertz CT molecular complexity index is 514. The number of para-hydroxylation sites is 1. The minimum absolute atomic E-state index is 0.00245. The number of carbonyl (C=O) groups is 2. The number of ether oxygens (including phenoxy) is 1. The Kier molecular flexibility index (Phi) is 4.22. The van der Waals surface area contributed by atoms with Crippen LogP contribution in [0, 0.1) is 5.82 Å². The minimum Gasteiger partial charge on any atom is -0.490 e. The lowest BCUT2D eigenvalue weighted by molar-refractivity contribution is -0.151. The molecule has 20 heavy (non-hydrogen) atoms. The average Bonchev–Trinajstić information content (AvgIpc) is 2.36. The Labute approximate surface area is 115 Å². The molecule has 1 saturated carbocycles. The van der Waals surface area contributed by atoms with E-state index in [0.29, 0.717) is 12.8 Å². The summed E-state index contributed by atoms with van der Waals surface area (Å²) >= 11 is 0. The first-order chi connectivity index (χ1) is 9.53. The third kappa shape index (κ3) is 3.07. The highest BCUT2D eigenvalue weighted by Crippen LogP contribution is 2.32. The van der Waals surface area contributed by atoms with Crippen LogP contribution in [0.15, 0.2) is 24.3 Å². The number of hydrogen-bond acceptors (Lipinski definition) is 3. The fraction of sp³-hybridized carbons (Fsp3) is 0.429. The number of hydrogen-bond donors (Lipinski definition) is 2. The fourth-order valence-electron chi connectivity index (χ4n) is 2.07. The number of rotatable bonds is 6. The van der Waals surface area contributed by atoms with Gasteiger partial charge >= 0.3 is 5.97 Å². The predicted octanol–water partition coefficient (Wildman–Crippen LogP) is 1.72. The molecule has 0 atom stereocenters. The highest BCUT2D eigenvalue weighted by Gasteiger charge is 2.45. The topological polar surface area (TPSA) is 75.6 Å². The fourth-order valence-corrected chi connectivity index (χ4v) is 2.07. The van der Waals surface area contributed by atoms with Crippen molar-refractivity contribution in [3.05, 3.63) is 30.1 Å². The van der Waals surface area contributed by atoms with Gasteiger partial charge in [-0.1, -0.05) is 12.1 Å². The number of halogens is 1. The molecule has 108 valence electrons. The van der Waals surface area contributed by atoms with Crippen molar-refractivity contribution in [3.63, 3.8) is 0 Å². The number of carboxylic acids is 1. The molecule has 2 N–H and O–H groups in total. The summed E-state index contributed by atoms with van der Waals surface area (Å²) in [6, 6.07) is 5.91. The van der Waals surface area contributed by atoms with E-state index in [9.17, 15) is 14.0 Å². The highest BCUT2D eigenvalue weighted by molar-refractivity contribution is 5.87. The molecular formula is C14H16FNO4. The third-order valence-electron chi connectivity index (χ3n) is 3.42. The number of benzene rings is 1. The van der Waals surface area contributed by atoms with Gasteiger partial charge in [-0.2, -0.15) is 0 Å². The molecule has 0 heterocycles. The van der Waals surface area contributed by atoms with E-state index in [0.717, 1.165) is 6.42 Å². The molecule has 1 fully saturated rings. The first-order valence-electron chi connectivity index (χ1n) is 6.45. The van der Waals surface area contributed by atoms with Crippen LogP contribution < -0.4 is 10.1 Å². The van der Waals surface area contributed by atoms with Crippen LogP contribution in [0.2, 0.25) is 0 Å². The van der Waals surface area contributed by atoms with Crippen LogP contribution in [-0.4, -0.2) is 29.1 Å². The summed E-state index contributed by atoms with van der Waals surface area (Å²) in [4.78, 5) is 22.8. The summed E-state index contributed by atoms with van der Waals surface area (Å²) in [5.74, 6) is -1.82. The maximum Gasteiger partial charge on any atom is 0.329 e. The molecule has 1 aromatic rings. The van der Waals surface area contributed by atoms with Crippen LogP contribution in [0.25, 0.3) is 0 Å². The van der Waals surface area contributed by atoms with Crippen LogP contribution in [0.5, 0.6) is 5.75 Å². The van der Waals surface area contributed by atoms with E-state index in [4.69, 9.17) is 9.84 Å². The van der Waals surface area contributed by atoms with E-state index in [1.807, 2.05) is 0 Å². The zero-order valence-electron chi connectivity index (χ0n) is 10.9. The Hall–Kier alpha value is -2.11. The van der Waals surface area contributed by atoms with Crippen LogP contribution >= 0.6 is 0 Å². The van der Waals surface area contributed by atoms with E-state index in [1.165, 1.54) is 12.1 Å². The number of amides is 1. The largest absolute Gasteiger partial charge is 0.490 e. The lowest BCUT2D eigenvalue weighted by Crippen LogP contribution is -2.59. The van der Waals surface area contributed by atoms with Crippen molar-refractivity contribution < 1.29 is 23.8 Å². The second-order valence-electron chi connectivity index (χ2n) is 4.82. The standard InChI is InChI=1S/C14H16FNO4/c15-10-4-1-2-5-11(10)20-9-6-12(17)16-14(13(18)19)7-3-8-14/h1-2,4-5H,3,6-9H2,(H,16,17)(H,18,19). The zero-order chi connectivity index (χ0) is 14.6. The molecule has 0 radical (unpaired) electrons. The van der Waals surface area contributed by atoms with E-state index < -0.39 is 23.2 Å². The van der Waals surface area contributed by atoms with E-state index in [-0.39, 0.29) is 18.8 Å². The maximum atomic E-state index is 13.3. The summed E-state index contributed by atoms with van der Waals surface area (Å²) in [6.07, 6.45) is 1.67. The van der Waals surface area contributed by atoms with Crippen molar-refractivity contribution in [1.29, 1.82) is 0 Å². The smallest absolute Gasteiger partial charge is 0.329 e. The summed E-state index contributed by atoms with van der Waals surface area (Å²) in [6.45, 7) is 0.00245. The normalized spacial score (nSPS) is 16.1. The lowest BCUT2D eigenvalue weighted by Gasteiger charge is -2.38. The zero-order valence-corrected chi connectivity index (χ0v) is 10.9. The first-order valence-corrected chi connectivity index (χ1v) is 6.45. The van der Waals surface area contributed by atoms with Gasteiger partial charge in [0.05, 0.1) is 13.0 Å². The molecule has 1 aliphatic rings. The monoisotopic (exact) mass is 281 g/mol. The average molecular weight is 281 g/mol. The van der Waals surface area contributed by atoms with Gasteiger partial charge in [0, 0.05) is 0 Å². The molecule has 0 aliphatic heterocycles. The molecule has 0 spiro atoms. The Morgan fingerprint density at radius 2 is 2.05 bits per heavy atom. The molecule has 1 amide bonds. The molecular weight excluding hydrogens is 265 g/mol.